The zero-order chi connectivity index (χ0) is 17.7. The Kier molecular flexibility index (Phi) is 20.8. The zero-order valence-corrected chi connectivity index (χ0v) is 16.5. The summed E-state index contributed by atoms with van der Waals surface area (Å²) in [5, 5.41) is 17.9. The Morgan fingerprint density at radius 1 is 0.458 bits per heavy atom. The van der Waals surface area contributed by atoms with Gasteiger partial charge in [-0.25, -0.2) is 0 Å². The van der Waals surface area contributed by atoms with Crippen LogP contribution < -0.4 is 0 Å². The van der Waals surface area contributed by atoms with Gasteiger partial charge in [0.25, 0.3) is 0 Å². The van der Waals surface area contributed by atoms with Crippen LogP contribution >= 0.6 is 0 Å². The summed E-state index contributed by atoms with van der Waals surface area (Å²) in [5.41, 5.74) is 0. The SMILES string of the molecule is CCCCCCCCCCCCCCCN(CCCO)CCCO. The van der Waals surface area contributed by atoms with Crippen LogP contribution in [0.5, 0.6) is 0 Å². The summed E-state index contributed by atoms with van der Waals surface area (Å²) >= 11 is 0. The summed E-state index contributed by atoms with van der Waals surface area (Å²) in [6.45, 7) is 5.88. The fraction of sp³-hybridized carbons (Fsp3) is 1.00. The lowest BCUT2D eigenvalue weighted by atomic mass is 10.0. The molecule has 24 heavy (non-hydrogen) atoms. The van der Waals surface area contributed by atoms with Gasteiger partial charge < -0.3 is 15.1 Å². The second-order valence-corrected chi connectivity index (χ2v) is 7.24. The fourth-order valence-electron chi connectivity index (χ4n) is 3.28. The molecule has 0 amide bonds. The van der Waals surface area contributed by atoms with Gasteiger partial charge in [0.1, 0.15) is 0 Å². The maximum absolute atomic E-state index is 8.95. The van der Waals surface area contributed by atoms with E-state index in [-0.39, 0.29) is 13.2 Å². The number of nitrogens with zero attached hydrogens (tertiary/aromatic N) is 1. The van der Waals surface area contributed by atoms with Crippen LogP contribution in [0.3, 0.4) is 0 Å². The Morgan fingerprint density at radius 3 is 1.17 bits per heavy atom. The van der Waals surface area contributed by atoms with Crippen LogP contribution in [0.1, 0.15) is 103 Å². The van der Waals surface area contributed by atoms with Gasteiger partial charge in [-0.1, -0.05) is 84.0 Å². The van der Waals surface area contributed by atoms with E-state index < -0.39 is 0 Å². The molecule has 0 saturated carbocycles. The predicted octanol–water partition coefficient (Wildman–Crippen LogP) is 5.14. The summed E-state index contributed by atoms with van der Waals surface area (Å²) in [6.07, 6.45) is 19.8. The Hall–Kier alpha value is -0.120. The quantitative estimate of drug-likeness (QED) is 0.301. The van der Waals surface area contributed by atoms with Gasteiger partial charge in [-0.3, -0.25) is 0 Å². The van der Waals surface area contributed by atoms with E-state index in [0.29, 0.717) is 0 Å². The lowest BCUT2D eigenvalue weighted by Gasteiger charge is -2.21. The van der Waals surface area contributed by atoms with E-state index in [9.17, 15) is 0 Å². The zero-order valence-electron chi connectivity index (χ0n) is 16.5. The van der Waals surface area contributed by atoms with Crippen molar-refractivity contribution in [2.75, 3.05) is 32.8 Å². The summed E-state index contributed by atoms with van der Waals surface area (Å²) in [6, 6.07) is 0. The van der Waals surface area contributed by atoms with Crippen molar-refractivity contribution in [3.63, 3.8) is 0 Å². The Bertz CT molecular complexity index is 216. The summed E-state index contributed by atoms with van der Waals surface area (Å²) < 4.78 is 0. The highest BCUT2D eigenvalue weighted by Crippen LogP contribution is 2.12. The monoisotopic (exact) mass is 343 g/mol. The van der Waals surface area contributed by atoms with E-state index in [1.54, 1.807) is 0 Å². The van der Waals surface area contributed by atoms with Gasteiger partial charge in [0.15, 0.2) is 0 Å². The minimum atomic E-state index is 0.272. The maximum Gasteiger partial charge on any atom is 0.0443 e. The largest absolute Gasteiger partial charge is 0.396 e. The molecule has 0 aliphatic carbocycles. The summed E-state index contributed by atoms with van der Waals surface area (Å²) in [7, 11) is 0. The molecule has 0 bridgehead atoms. The van der Waals surface area contributed by atoms with E-state index in [0.717, 1.165) is 32.5 Å². The van der Waals surface area contributed by atoms with Gasteiger partial charge in [-0.2, -0.15) is 0 Å². The molecule has 0 aromatic heterocycles. The Labute approximate surface area is 151 Å². The molecule has 3 nitrogen and oxygen atoms in total. The third-order valence-electron chi connectivity index (χ3n) is 4.84. The molecular weight excluding hydrogens is 298 g/mol. The van der Waals surface area contributed by atoms with Crippen LogP contribution in [0.15, 0.2) is 0 Å². The third kappa shape index (κ3) is 18.2. The first kappa shape index (κ1) is 23.9. The minimum absolute atomic E-state index is 0.272. The molecule has 146 valence electrons. The molecule has 0 atom stereocenters. The molecule has 0 radical (unpaired) electrons. The van der Waals surface area contributed by atoms with Gasteiger partial charge >= 0.3 is 0 Å². The van der Waals surface area contributed by atoms with Crippen LogP contribution in [0.4, 0.5) is 0 Å². The highest BCUT2D eigenvalue weighted by Gasteiger charge is 2.03. The predicted molar refractivity (Wildman–Crippen MR) is 106 cm³/mol. The van der Waals surface area contributed by atoms with E-state index in [1.165, 1.54) is 83.5 Å². The lowest BCUT2D eigenvalue weighted by molar-refractivity contribution is 0.199. The highest BCUT2D eigenvalue weighted by molar-refractivity contribution is 4.59. The van der Waals surface area contributed by atoms with Crippen molar-refractivity contribution < 1.29 is 10.2 Å². The molecule has 0 fully saturated rings. The van der Waals surface area contributed by atoms with Crippen molar-refractivity contribution in [1.29, 1.82) is 0 Å². The Balaban J connectivity index is 3.29. The van der Waals surface area contributed by atoms with E-state index >= 15 is 0 Å². The van der Waals surface area contributed by atoms with E-state index in [1.807, 2.05) is 0 Å². The highest BCUT2D eigenvalue weighted by atomic mass is 16.3. The number of hydrogen-bond donors (Lipinski definition) is 2. The van der Waals surface area contributed by atoms with Gasteiger partial charge in [0.2, 0.25) is 0 Å². The van der Waals surface area contributed by atoms with Crippen molar-refractivity contribution >= 4 is 0 Å². The average Bonchev–Trinajstić information content (AvgIpc) is 2.60. The molecular formula is C21H45NO2. The van der Waals surface area contributed by atoms with Crippen molar-refractivity contribution in [3.8, 4) is 0 Å². The van der Waals surface area contributed by atoms with Crippen molar-refractivity contribution in [1.82, 2.24) is 4.90 Å². The molecule has 0 saturated heterocycles. The molecule has 0 unspecified atom stereocenters. The van der Waals surface area contributed by atoms with Crippen LogP contribution in [0.2, 0.25) is 0 Å². The number of aliphatic hydroxyl groups excluding tert-OH is 2. The molecule has 0 aliphatic heterocycles. The van der Waals surface area contributed by atoms with Crippen molar-refractivity contribution in [2.24, 2.45) is 0 Å². The fourth-order valence-corrected chi connectivity index (χ4v) is 3.28. The third-order valence-corrected chi connectivity index (χ3v) is 4.84. The normalized spacial score (nSPS) is 11.5. The molecule has 0 aromatic carbocycles. The molecule has 0 heterocycles. The van der Waals surface area contributed by atoms with Crippen LogP contribution in [-0.2, 0) is 0 Å². The number of aliphatic hydroxyl groups is 2. The number of rotatable bonds is 20. The standard InChI is InChI=1S/C21H45NO2/c1-2-3-4-5-6-7-8-9-10-11-12-13-14-17-22(18-15-20-23)19-16-21-24/h23-24H,2-21H2,1H3. The average molecular weight is 344 g/mol. The first-order valence-corrected chi connectivity index (χ1v) is 10.8. The Morgan fingerprint density at radius 2 is 0.792 bits per heavy atom. The summed E-state index contributed by atoms with van der Waals surface area (Å²) in [5.74, 6) is 0. The van der Waals surface area contributed by atoms with Crippen molar-refractivity contribution in [3.05, 3.63) is 0 Å². The number of hydrogen-bond acceptors (Lipinski definition) is 3. The second-order valence-electron chi connectivity index (χ2n) is 7.24. The van der Waals surface area contributed by atoms with Crippen LogP contribution in [0.25, 0.3) is 0 Å². The van der Waals surface area contributed by atoms with Crippen LogP contribution in [-0.4, -0.2) is 48.0 Å². The van der Waals surface area contributed by atoms with E-state index in [4.69, 9.17) is 10.2 Å². The van der Waals surface area contributed by atoms with Gasteiger partial charge in [0, 0.05) is 26.3 Å². The second kappa shape index (κ2) is 20.9. The maximum atomic E-state index is 8.95. The van der Waals surface area contributed by atoms with Gasteiger partial charge in [-0.15, -0.1) is 0 Å². The molecule has 0 rings (SSSR count). The van der Waals surface area contributed by atoms with Crippen LogP contribution in [0, 0.1) is 0 Å². The molecule has 0 spiro atoms. The smallest absolute Gasteiger partial charge is 0.0443 e. The lowest BCUT2D eigenvalue weighted by Crippen LogP contribution is -2.28. The number of unbranched alkanes of at least 4 members (excludes halogenated alkanes) is 12. The first-order chi connectivity index (χ1) is 11.8. The molecule has 0 aromatic rings. The van der Waals surface area contributed by atoms with E-state index in [2.05, 4.69) is 11.8 Å². The minimum Gasteiger partial charge on any atom is -0.396 e. The molecule has 2 N–H and O–H groups in total. The topological polar surface area (TPSA) is 43.7 Å². The van der Waals surface area contributed by atoms with Crippen molar-refractivity contribution in [2.45, 2.75) is 103 Å². The summed E-state index contributed by atoms with van der Waals surface area (Å²) in [4.78, 5) is 2.39. The van der Waals surface area contributed by atoms with Gasteiger partial charge in [0.05, 0.1) is 0 Å². The molecule has 0 aliphatic rings. The van der Waals surface area contributed by atoms with Gasteiger partial charge in [-0.05, 0) is 25.8 Å². The first-order valence-electron chi connectivity index (χ1n) is 10.8. The molecule has 3 heteroatoms.